The fourth-order valence-corrected chi connectivity index (χ4v) is 3.60. The average Bonchev–Trinajstić information content (AvgIpc) is 2.78. The summed E-state index contributed by atoms with van der Waals surface area (Å²) in [5.41, 5.74) is 7.12. The van der Waals surface area contributed by atoms with Crippen molar-refractivity contribution in [1.29, 1.82) is 0 Å². The van der Waals surface area contributed by atoms with Gasteiger partial charge in [-0.3, -0.25) is 4.79 Å². The van der Waals surface area contributed by atoms with Gasteiger partial charge in [-0.1, -0.05) is 29.3 Å². The normalized spacial score (nSPS) is 14.5. The fraction of sp³-hybridized carbons (Fsp3) is 0.286. The molecule has 0 saturated heterocycles. The smallest absolute Gasteiger partial charge is 0.253 e. The summed E-state index contributed by atoms with van der Waals surface area (Å²) in [7, 11) is 0. The van der Waals surface area contributed by atoms with Gasteiger partial charge in [-0.2, -0.15) is 0 Å². The van der Waals surface area contributed by atoms with Crippen LogP contribution in [0.4, 0.5) is 0 Å². The Hall–Kier alpha value is -2.55. The lowest BCUT2D eigenvalue weighted by Crippen LogP contribution is -2.33. The van der Waals surface area contributed by atoms with Gasteiger partial charge in [0, 0.05) is 41.7 Å². The summed E-state index contributed by atoms with van der Waals surface area (Å²) in [6.07, 6.45) is 1.80. The zero-order chi connectivity index (χ0) is 16.7. The van der Waals surface area contributed by atoms with E-state index in [4.69, 9.17) is 0 Å². The average molecular weight is 318 g/mol. The molecule has 1 aromatic heterocycles. The Morgan fingerprint density at radius 1 is 0.958 bits per heavy atom. The number of fused-ring (bicyclic) bond motifs is 3. The van der Waals surface area contributed by atoms with E-state index in [0.29, 0.717) is 0 Å². The van der Waals surface area contributed by atoms with E-state index in [-0.39, 0.29) is 5.91 Å². The van der Waals surface area contributed by atoms with Gasteiger partial charge in [-0.15, -0.1) is 0 Å². The second-order valence-electron chi connectivity index (χ2n) is 6.79. The first kappa shape index (κ1) is 15.0. The molecule has 122 valence electrons. The van der Waals surface area contributed by atoms with Crippen molar-refractivity contribution in [3.63, 3.8) is 0 Å². The van der Waals surface area contributed by atoms with E-state index >= 15 is 0 Å². The van der Waals surface area contributed by atoms with Crippen molar-refractivity contribution < 1.29 is 4.79 Å². The summed E-state index contributed by atoms with van der Waals surface area (Å²) < 4.78 is 0. The molecule has 3 aromatic rings. The molecule has 1 aliphatic heterocycles. The van der Waals surface area contributed by atoms with Crippen molar-refractivity contribution in [3.8, 4) is 0 Å². The highest BCUT2D eigenvalue weighted by Crippen LogP contribution is 2.27. The fourth-order valence-electron chi connectivity index (χ4n) is 3.60. The summed E-state index contributed by atoms with van der Waals surface area (Å²) in [6.45, 7) is 5.72. The monoisotopic (exact) mass is 318 g/mol. The number of nitrogens with one attached hydrogen (secondary N) is 1. The number of hydrogen-bond acceptors (Lipinski definition) is 1. The maximum atomic E-state index is 12.8. The van der Waals surface area contributed by atoms with Gasteiger partial charge < -0.3 is 9.88 Å². The number of amides is 1. The lowest BCUT2D eigenvalue weighted by molar-refractivity contribution is 0.0763. The number of carbonyl (C=O) groups excluding carboxylic acids is 1. The van der Waals surface area contributed by atoms with Crippen molar-refractivity contribution in [1.82, 2.24) is 9.88 Å². The second kappa shape index (κ2) is 5.82. The number of rotatable bonds is 1. The van der Waals surface area contributed by atoms with Crippen LogP contribution in [-0.2, 0) is 12.8 Å². The van der Waals surface area contributed by atoms with Crippen LogP contribution in [0.25, 0.3) is 10.9 Å². The molecule has 1 aliphatic rings. The van der Waals surface area contributed by atoms with E-state index in [0.717, 1.165) is 31.5 Å². The Morgan fingerprint density at radius 3 is 2.46 bits per heavy atom. The minimum atomic E-state index is 0.139. The number of aromatic nitrogens is 1. The number of aromatic amines is 1. The van der Waals surface area contributed by atoms with Crippen molar-refractivity contribution in [2.75, 3.05) is 13.1 Å². The van der Waals surface area contributed by atoms with Gasteiger partial charge >= 0.3 is 0 Å². The van der Waals surface area contributed by atoms with Crippen molar-refractivity contribution in [3.05, 3.63) is 70.4 Å². The second-order valence-corrected chi connectivity index (χ2v) is 6.79. The van der Waals surface area contributed by atoms with Gasteiger partial charge in [0.25, 0.3) is 5.91 Å². The van der Waals surface area contributed by atoms with E-state index in [1.54, 1.807) is 0 Å². The van der Waals surface area contributed by atoms with Gasteiger partial charge in [0.05, 0.1) is 0 Å². The van der Waals surface area contributed by atoms with Crippen LogP contribution in [-0.4, -0.2) is 28.9 Å². The first-order valence-corrected chi connectivity index (χ1v) is 8.58. The molecule has 0 radical (unpaired) electrons. The number of nitrogens with zero attached hydrogens (tertiary/aromatic N) is 1. The Balaban J connectivity index is 1.59. The van der Waals surface area contributed by atoms with E-state index < -0.39 is 0 Å². The van der Waals surface area contributed by atoms with Gasteiger partial charge in [-0.25, -0.2) is 0 Å². The molecule has 24 heavy (non-hydrogen) atoms. The van der Waals surface area contributed by atoms with Crippen LogP contribution in [0.1, 0.15) is 32.7 Å². The Kier molecular flexibility index (Phi) is 3.64. The molecule has 0 atom stereocenters. The molecule has 0 aliphatic carbocycles. The number of benzene rings is 2. The first-order valence-electron chi connectivity index (χ1n) is 8.58. The Labute approximate surface area is 142 Å². The topological polar surface area (TPSA) is 36.1 Å². The minimum absolute atomic E-state index is 0.139. The summed E-state index contributed by atoms with van der Waals surface area (Å²) >= 11 is 0. The van der Waals surface area contributed by atoms with Crippen molar-refractivity contribution >= 4 is 16.8 Å². The Morgan fingerprint density at radius 2 is 1.67 bits per heavy atom. The molecule has 0 saturated carbocycles. The quantitative estimate of drug-likeness (QED) is 0.722. The number of aryl methyl sites for hydroxylation is 2. The molecular weight excluding hydrogens is 296 g/mol. The molecule has 1 N–H and O–H groups in total. The summed E-state index contributed by atoms with van der Waals surface area (Å²) in [6, 6.07) is 14.4. The van der Waals surface area contributed by atoms with Crippen LogP contribution in [0.3, 0.4) is 0 Å². The third-order valence-electron chi connectivity index (χ3n) is 5.00. The van der Waals surface area contributed by atoms with E-state index in [1.807, 2.05) is 36.1 Å². The number of H-pyrrole nitrogens is 1. The zero-order valence-electron chi connectivity index (χ0n) is 14.2. The van der Waals surface area contributed by atoms with Gasteiger partial charge in [0.2, 0.25) is 0 Å². The molecule has 2 heterocycles. The summed E-state index contributed by atoms with van der Waals surface area (Å²) in [5, 5.41) is 1.31. The van der Waals surface area contributed by atoms with Crippen LogP contribution in [0.2, 0.25) is 0 Å². The molecule has 0 fully saturated rings. The van der Waals surface area contributed by atoms with Crippen LogP contribution < -0.4 is 0 Å². The van der Waals surface area contributed by atoms with Crippen molar-refractivity contribution in [2.24, 2.45) is 0 Å². The van der Waals surface area contributed by atoms with Crippen LogP contribution in [0.15, 0.2) is 42.5 Å². The molecule has 0 unspecified atom stereocenters. The van der Waals surface area contributed by atoms with Crippen LogP contribution >= 0.6 is 0 Å². The molecular formula is C21H22N2O. The predicted molar refractivity (Wildman–Crippen MR) is 97.5 cm³/mol. The zero-order valence-corrected chi connectivity index (χ0v) is 14.2. The lowest BCUT2D eigenvalue weighted by Gasteiger charge is -2.20. The van der Waals surface area contributed by atoms with Crippen LogP contribution in [0, 0.1) is 13.8 Å². The van der Waals surface area contributed by atoms with Crippen molar-refractivity contribution in [2.45, 2.75) is 26.7 Å². The minimum Gasteiger partial charge on any atom is -0.358 e. The first-order chi connectivity index (χ1) is 11.6. The van der Waals surface area contributed by atoms with Gasteiger partial charge in [-0.05, 0) is 50.1 Å². The highest BCUT2D eigenvalue weighted by atomic mass is 16.2. The third-order valence-corrected chi connectivity index (χ3v) is 5.00. The predicted octanol–water partition coefficient (Wildman–Crippen LogP) is 4.03. The van der Waals surface area contributed by atoms with Gasteiger partial charge in [0.1, 0.15) is 0 Å². The molecule has 3 heteroatoms. The van der Waals surface area contributed by atoms with Gasteiger partial charge in [0.15, 0.2) is 0 Å². The lowest BCUT2D eigenvalue weighted by atomic mass is 10.1. The molecule has 2 aromatic carbocycles. The molecule has 0 spiro atoms. The maximum absolute atomic E-state index is 12.8. The molecule has 1 amide bonds. The molecule has 4 rings (SSSR count). The van der Waals surface area contributed by atoms with E-state index in [2.05, 4.69) is 30.1 Å². The summed E-state index contributed by atoms with van der Waals surface area (Å²) in [5.74, 6) is 0.139. The highest BCUT2D eigenvalue weighted by Gasteiger charge is 2.22. The van der Waals surface area contributed by atoms with E-state index in [1.165, 1.54) is 33.3 Å². The third kappa shape index (κ3) is 2.60. The highest BCUT2D eigenvalue weighted by molar-refractivity contribution is 5.94. The standard InChI is InChI=1S/C21H22N2O/c1-14-3-6-16(7-4-14)21(24)23-11-9-17-18-13-15(2)5-8-19(18)22-20(17)10-12-23/h3-8,13,22H,9-12H2,1-2H3. The van der Waals surface area contributed by atoms with E-state index in [9.17, 15) is 4.79 Å². The maximum Gasteiger partial charge on any atom is 0.253 e. The molecule has 0 bridgehead atoms. The number of carbonyl (C=O) groups is 1. The van der Waals surface area contributed by atoms with Crippen LogP contribution in [0.5, 0.6) is 0 Å². The Bertz CT molecular complexity index is 905. The number of hydrogen-bond donors (Lipinski definition) is 1. The molecule has 3 nitrogen and oxygen atoms in total. The largest absolute Gasteiger partial charge is 0.358 e. The SMILES string of the molecule is Cc1ccc(C(=O)N2CCc3[nH]c4ccc(C)cc4c3CC2)cc1. The summed E-state index contributed by atoms with van der Waals surface area (Å²) in [4.78, 5) is 18.3.